The van der Waals surface area contributed by atoms with Gasteiger partial charge in [0.15, 0.2) is 5.54 Å². The fraction of sp³-hybridized carbons (Fsp3) is 0.273. The monoisotopic (exact) mass is 651 g/mol. The highest BCUT2D eigenvalue weighted by atomic mass is 19.3. The third kappa shape index (κ3) is 5.96. The molecule has 0 saturated carbocycles. The van der Waals surface area contributed by atoms with Crippen LogP contribution in [-0.2, 0) is 11.5 Å². The maximum absolute atomic E-state index is 16.3. The Labute approximate surface area is 266 Å². The summed E-state index contributed by atoms with van der Waals surface area (Å²) in [6.07, 6.45) is 2.54. The van der Waals surface area contributed by atoms with E-state index in [2.05, 4.69) is 29.9 Å². The quantitative estimate of drug-likeness (QED) is 0.212. The number of pyridine rings is 2. The summed E-state index contributed by atoms with van der Waals surface area (Å²) in [4.78, 5) is 27.8. The average molecular weight is 652 g/mol. The van der Waals surface area contributed by atoms with Crippen LogP contribution >= 0.6 is 0 Å². The van der Waals surface area contributed by atoms with Crippen molar-refractivity contribution in [2.75, 3.05) is 42.7 Å². The molecule has 5 aromatic rings. The van der Waals surface area contributed by atoms with Gasteiger partial charge in [-0.2, -0.15) is 13.8 Å². The van der Waals surface area contributed by atoms with E-state index in [-0.39, 0.29) is 0 Å². The summed E-state index contributed by atoms with van der Waals surface area (Å²) in [5, 5.41) is 11.8. The molecule has 0 amide bonds. The topological polar surface area (TPSA) is 103 Å². The van der Waals surface area contributed by atoms with E-state index < -0.39 is 52.8 Å². The van der Waals surface area contributed by atoms with E-state index in [1.165, 1.54) is 12.3 Å². The fourth-order valence-corrected chi connectivity index (χ4v) is 5.78. The van der Waals surface area contributed by atoms with E-state index in [4.69, 9.17) is 0 Å². The number of anilines is 2. The van der Waals surface area contributed by atoms with Crippen molar-refractivity contribution >= 4 is 11.4 Å². The summed E-state index contributed by atoms with van der Waals surface area (Å²) in [7, 11) is 0. The van der Waals surface area contributed by atoms with Gasteiger partial charge >= 0.3 is 11.6 Å². The van der Waals surface area contributed by atoms with Crippen LogP contribution in [0.15, 0.2) is 90.2 Å². The summed E-state index contributed by atoms with van der Waals surface area (Å²) in [5.41, 5.74) is -1.26. The molecule has 0 aliphatic carbocycles. The van der Waals surface area contributed by atoms with Crippen LogP contribution in [0, 0.1) is 11.6 Å². The highest BCUT2D eigenvalue weighted by Crippen LogP contribution is 2.47. The number of H-pyrrole nitrogens is 1. The Bertz CT molecular complexity index is 1890. The summed E-state index contributed by atoms with van der Waals surface area (Å²) in [5.74, 6) is -6.06. The second-order valence-electron chi connectivity index (χ2n) is 11.4. The van der Waals surface area contributed by atoms with Crippen LogP contribution in [0.4, 0.5) is 33.3 Å². The maximum atomic E-state index is 16.3. The van der Waals surface area contributed by atoms with Gasteiger partial charge in [-0.3, -0.25) is 14.6 Å². The maximum Gasteiger partial charge on any atom is 0.361 e. The molecule has 6 rings (SSSR count). The smallest absolute Gasteiger partial charge is 0.361 e. The first-order valence-electron chi connectivity index (χ1n) is 14.8. The van der Waals surface area contributed by atoms with E-state index in [0.717, 1.165) is 74.6 Å². The zero-order chi connectivity index (χ0) is 33.3. The first-order valence-corrected chi connectivity index (χ1v) is 14.8. The van der Waals surface area contributed by atoms with Gasteiger partial charge in [-0.1, -0.05) is 24.3 Å². The van der Waals surface area contributed by atoms with Crippen molar-refractivity contribution in [1.29, 1.82) is 0 Å². The van der Waals surface area contributed by atoms with Gasteiger partial charge in [0.2, 0.25) is 0 Å². The Morgan fingerprint density at radius 1 is 0.851 bits per heavy atom. The van der Waals surface area contributed by atoms with Crippen LogP contribution < -0.4 is 15.5 Å². The second-order valence-corrected chi connectivity index (χ2v) is 11.4. The van der Waals surface area contributed by atoms with E-state index in [1.807, 2.05) is 30.3 Å². The average Bonchev–Trinajstić information content (AvgIpc) is 3.54. The van der Waals surface area contributed by atoms with Gasteiger partial charge in [-0.15, -0.1) is 0 Å². The number of rotatable bonds is 9. The van der Waals surface area contributed by atoms with Crippen molar-refractivity contribution < 1.29 is 27.1 Å². The van der Waals surface area contributed by atoms with E-state index in [9.17, 15) is 23.1 Å². The predicted molar refractivity (Wildman–Crippen MR) is 165 cm³/mol. The van der Waals surface area contributed by atoms with E-state index >= 15 is 8.78 Å². The van der Waals surface area contributed by atoms with Gasteiger partial charge in [0, 0.05) is 55.3 Å². The molecule has 3 aromatic heterocycles. The second kappa shape index (κ2) is 12.6. The van der Waals surface area contributed by atoms with Crippen LogP contribution in [0.2, 0.25) is 0 Å². The van der Waals surface area contributed by atoms with Gasteiger partial charge in [0.05, 0.1) is 17.6 Å². The molecule has 0 spiro atoms. The van der Waals surface area contributed by atoms with E-state index in [0.29, 0.717) is 22.0 Å². The molecule has 1 unspecified atom stereocenters. The lowest BCUT2D eigenvalue weighted by molar-refractivity contribution is -0.103. The predicted octanol–water partition coefficient (Wildman–Crippen LogP) is 5.19. The Hall–Kier alpha value is -5.11. The molecule has 244 valence electrons. The van der Waals surface area contributed by atoms with Crippen LogP contribution in [0.1, 0.15) is 30.0 Å². The lowest BCUT2D eigenvalue weighted by Gasteiger charge is -2.38. The highest BCUT2D eigenvalue weighted by Gasteiger charge is 2.57. The summed E-state index contributed by atoms with van der Waals surface area (Å²) >= 11 is 0. The molecule has 2 atom stereocenters. The molecule has 1 saturated heterocycles. The summed E-state index contributed by atoms with van der Waals surface area (Å²) in [6.45, 7) is 3.04. The number of aromatic nitrogens is 5. The zero-order valence-corrected chi connectivity index (χ0v) is 25.1. The van der Waals surface area contributed by atoms with Crippen LogP contribution in [0.3, 0.4) is 0 Å². The molecule has 47 heavy (non-hydrogen) atoms. The van der Waals surface area contributed by atoms with Gasteiger partial charge < -0.3 is 14.9 Å². The number of nitrogens with one attached hydrogen (secondary N) is 1. The molecular weight excluding hydrogens is 621 g/mol. The normalized spacial score (nSPS) is 15.8. The van der Waals surface area contributed by atoms with Crippen molar-refractivity contribution in [2.45, 2.75) is 24.5 Å². The van der Waals surface area contributed by atoms with Crippen LogP contribution in [0.5, 0.6) is 0 Å². The molecule has 1 fully saturated rings. The van der Waals surface area contributed by atoms with Crippen LogP contribution in [-0.4, -0.2) is 62.7 Å². The minimum Gasteiger partial charge on any atom is -0.384 e. The molecule has 0 bridgehead atoms. The van der Waals surface area contributed by atoms with Crippen molar-refractivity contribution in [2.24, 2.45) is 0 Å². The first-order chi connectivity index (χ1) is 22.5. The molecule has 2 aromatic carbocycles. The molecule has 9 nitrogen and oxygen atoms in total. The van der Waals surface area contributed by atoms with Gasteiger partial charge in [-0.05, 0) is 48.9 Å². The number of halogens is 5. The molecule has 14 heteroatoms. The number of alkyl halides is 3. The van der Waals surface area contributed by atoms with Crippen molar-refractivity contribution in [3.8, 4) is 11.1 Å². The molecular formula is C33H30F5N7O2. The van der Waals surface area contributed by atoms with Crippen LogP contribution in [0.25, 0.3) is 11.1 Å². The molecule has 2 N–H and O–H groups in total. The van der Waals surface area contributed by atoms with Gasteiger partial charge in [-0.25, -0.2) is 23.1 Å². The molecule has 1 aliphatic rings. The van der Waals surface area contributed by atoms with E-state index in [1.54, 1.807) is 12.3 Å². The largest absolute Gasteiger partial charge is 0.384 e. The minimum absolute atomic E-state index is 0.291. The number of benzene rings is 2. The number of aliphatic hydroxyl groups excluding tert-OH is 1. The lowest BCUT2D eigenvalue weighted by Crippen LogP contribution is -2.48. The third-order valence-electron chi connectivity index (χ3n) is 8.61. The number of hydrogen-bond acceptors (Lipinski definition) is 7. The van der Waals surface area contributed by atoms with Gasteiger partial charge in [0.25, 0.3) is 0 Å². The first kappa shape index (κ1) is 31.9. The summed E-state index contributed by atoms with van der Waals surface area (Å²) < 4.78 is 74.7. The Morgan fingerprint density at radius 3 is 2.06 bits per heavy atom. The Morgan fingerprint density at radius 2 is 1.51 bits per heavy atom. The van der Waals surface area contributed by atoms with Gasteiger partial charge in [0.1, 0.15) is 36.4 Å². The van der Waals surface area contributed by atoms with Crippen molar-refractivity contribution in [3.63, 3.8) is 0 Å². The molecule has 4 heterocycles. The number of aromatic amines is 1. The lowest BCUT2D eigenvalue weighted by atomic mass is 9.83. The number of aliphatic hydroxyl groups is 1. The zero-order valence-electron chi connectivity index (χ0n) is 25.1. The molecule has 0 radical (unpaired) electrons. The SMILES string of the molecule is C[C@](c1ccc(F)cc1F)(n1cnc(=O)[nH]1)C(F)(F)c1ccc(-c2ccc(N3CCN(c4ccc(C(O)CF)nc4)CC3)cc2)cn1. The molecule has 1 aliphatic heterocycles. The number of piperazine rings is 1. The Kier molecular flexibility index (Phi) is 8.53. The number of nitrogens with zero attached hydrogens (tertiary/aromatic N) is 6. The Balaban J connectivity index is 1.17. The van der Waals surface area contributed by atoms with Crippen molar-refractivity contribution in [1.82, 2.24) is 24.7 Å². The van der Waals surface area contributed by atoms with Crippen molar-refractivity contribution in [3.05, 3.63) is 125 Å². The highest BCUT2D eigenvalue weighted by molar-refractivity contribution is 5.66. The summed E-state index contributed by atoms with van der Waals surface area (Å²) in [6, 6.07) is 15.9. The third-order valence-corrected chi connectivity index (χ3v) is 8.61. The minimum atomic E-state index is -3.90. The fourth-order valence-electron chi connectivity index (χ4n) is 5.78. The standard InChI is InChI=1S/C33H30F5N7O2/c1-32(45-20-41-31(47)42-45,26-9-5-23(35)16-27(26)36)33(37,38)30-11-4-22(18-40-30)21-2-6-24(7-3-21)43-12-14-44(15-13-43)25-8-10-28(39-19-25)29(46)17-34/h2-11,16,18-20,29,46H,12-15,17H2,1H3,(H,42,47)/t29?,32-/m1/s1. The number of hydrogen-bond donors (Lipinski definition) is 2.